The predicted molar refractivity (Wildman–Crippen MR) is 80.2 cm³/mol. The topological polar surface area (TPSA) is 78.9 Å². The summed E-state index contributed by atoms with van der Waals surface area (Å²) in [5.41, 5.74) is -0.803. The Balaban J connectivity index is 2.57. The van der Waals surface area contributed by atoms with Gasteiger partial charge in [-0.1, -0.05) is 6.92 Å². The molecular formula is C15H28N2O4. The van der Waals surface area contributed by atoms with E-state index in [9.17, 15) is 14.7 Å². The highest BCUT2D eigenvalue weighted by Gasteiger charge is 2.41. The molecule has 0 heterocycles. The second-order valence-electron chi connectivity index (χ2n) is 6.00. The van der Waals surface area contributed by atoms with Gasteiger partial charge in [0.2, 0.25) is 0 Å². The highest BCUT2D eigenvalue weighted by atomic mass is 16.5. The van der Waals surface area contributed by atoms with Gasteiger partial charge in [-0.2, -0.15) is 0 Å². The molecule has 0 aliphatic heterocycles. The van der Waals surface area contributed by atoms with Crippen LogP contribution < -0.4 is 5.32 Å². The zero-order chi connectivity index (χ0) is 15.9. The van der Waals surface area contributed by atoms with Crippen molar-refractivity contribution in [3.05, 3.63) is 0 Å². The normalized spacial score (nSPS) is 25.4. The Hall–Kier alpha value is -1.30. The SMILES string of the molecule is CCN(CCOC)C(=O)NCC1(C(=O)O)CCC(C)CC1. The van der Waals surface area contributed by atoms with Gasteiger partial charge in [0.05, 0.1) is 12.0 Å². The number of urea groups is 1. The molecule has 122 valence electrons. The minimum atomic E-state index is -0.803. The number of carbonyl (C=O) groups is 2. The molecule has 0 unspecified atom stereocenters. The van der Waals surface area contributed by atoms with Crippen molar-refractivity contribution >= 4 is 12.0 Å². The monoisotopic (exact) mass is 300 g/mol. The van der Waals surface area contributed by atoms with Crippen LogP contribution in [0.5, 0.6) is 0 Å². The highest BCUT2D eigenvalue weighted by Crippen LogP contribution is 2.38. The Morgan fingerprint density at radius 2 is 2.00 bits per heavy atom. The first kappa shape index (κ1) is 17.8. The van der Waals surface area contributed by atoms with E-state index in [-0.39, 0.29) is 12.6 Å². The predicted octanol–water partition coefficient (Wildman–Crippen LogP) is 1.95. The van der Waals surface area contributed by atoms with E-state index < -0.39 is 11.4 Å². The fourth-order valence-electron chi connectivity index (χ4n) is 2.74. The summed E-state index contributed by atoms with van der Waals surface area (Å²) in [6.45, 7) is 5.81. The third-order valence-corrected chi connectivity index (χ3v) is 4.50. The van der Waals surface area contributed by atoms with Crippen LogP contribution in [-0.2, 0) is 9.53 Å². The molecule has 1 saturated carbocycles. The fourth-order valence-corrected chi connectivity index (χ4v) is 2.74. The maximum Gasteiger partial charge on any atom is 0.317 e. The molecule has 2 N–H and O–H groups in total. The van der Waals surface area contributed by atoms with Crippen LogP contribution >= 0.6 is 0 Å². The summed E-state index contributed by atoms with van der Waals surface area (Å²) in [6, 6.07) is -0.214. The number of amides is 2. The summed E-state index contributed by atoms with van der Waals surface area (Å²) >= 11 is 0. The molecule has 1 aliphatic rings. The lowest BCUT2D eigenvalue weighted by Gasteiger charge is -2.36. The summed E-state index contributed by atoms with van der Waals surface area (Å²) in [5.74, 6) is -0.225. The first-order chi connectivity index (χ1) is 9.95. The summed E-state index contributed by atoms with van der Waals surface area (Å²) in [5, 5.41) is 12.3. The van der Waals surface area contributed by atoms with Crippen LogP contribution in [0.25, 0.3) is 0 Å². The number of aliphatic carboxylic acids is 1. The van der Waals surface area contributed by atoms with Crippen LogP contribution in [0.2, 0.25) is 0 Å². The van der Waals surface area contributed by atoms with Gasteiger partial charge >= 0.3 is 12.0 Å². The Bertz CT molecular complexity index is 352. The second kappa shape index (κ2) is 8.22. The maximum atomic E-state index is 12.1. The minimum Gasteiger partial charge on any atom is -0.481 e. The molecule has 0 bridgehead atoms. The molecule has 0 radical (unpaired) electrons. The number of carbonyl (C=O) groups excluding carboxylic acids is 1. The van der Waals surface area contributed by atoms with E-state index in [1.807, 2.05) is 6.92 Å². The van der Waals surface area contributed by atoms with Crippen molar-refractivity contribution in [2.24, 2.45) is 11.3 Å². The number of carboxylic acid groups (broad SMARTS) is 1. The van der Waals surface area contributed by atoms with Crippen molar-refractivity contribution in [1.82, 2.24) is 10.2 Å². The Morgan fingerprint density at radius 3 is 2.48 bits per heavy atom. The second-order valence-corrected chi connectivity index (χ2v) is 6.00. The maximum absolute atomic E-state index is 12.1. The van der Waals surface area contributed by atoms with Crippen molar-refractivity contribution in [3.63, 3.8) is 0 Å². The Morgan fingerprint density at radius 1 is 1.38 bits per heavy atom. The zero-order valence-corrected chi connectivity index (χ0v) is 13.4. The van der Waals surface area contributed by atoms with E-state index in [0.717, 1.165) is 12.8 Å². The first-order valence-electron chi connectivity index (χ1n) is 7.70. The number of methoxy groups -OCH3 is 1. The van der Waals surface area contributed by atoms with Crippen LogP contribution in [0, 0.1) is 11.3 Å². The van der Waals surface area contributed by atoms with Gasteiger partial charge in [0, 0.05) is 26.7 Å². The Labute approximate surface area is 126 Å². The molecule has 6 heteroatoms. The lowest BCUT2D eigenvalue weighted by molar-refractivity contribution is -0.151. The molecular weight excluding hydrogens is 272 g/mol. The molecule has 0 aromatic heterocycles. The van der Waals surface area contributed by atoms with Crippen LogP contribution in [0.15, 0.2) is 0 Å². The molecule has 1 rings (SSSR count). The first-order valence-corrected chi connectivity index (χ1v) is 7.70. The van der Waals surface area contributed by atoms with E-state index in [1.165, 1.54) is 0 Å². The standard InChI is InChI=1S/C15H28N2O4/c1-4-17(9-10-21-3)14(20)16-11-15(13(18)19)7-5-12(2)6-8-15/h12H,4-11H2,1-3H3,(H,16,20)(H,18,19). The van der Waals surface area contributed by atoms with Crippen LogP contribution in [-0.4, -0.2) is 55.4 Å². The lowest BCUT2D eigenvalue weighted by Crippen LogP contribution is -2.49. The van der Waals surface area contributed by atoms with Gasteiger partial charge in [-0.05, 0) is 38.5 Å². The summed E-state index contributed by atoms with van der Waals surface area (Å²) in [7, 11) is 1.59. The van der Waals surface area contributed by atoms with Gasteiger partial charge in [0.1, 0.15) is 0 Å². The number of carboxylic acids is 1. The average molecular weight is 300 g/mol. The summed E-state index contributed by atoms with van der Waals surface area (Å²) < 4.78 is 4.97. The number of ether oxygens (including phenoxy) is 1. The molecule has 2 amide bonds. The number of nitrogens with zero attached hydrogens (tertiary/aromatic N) is 1. The van der Waals surface area contributed by atoms with E-state index in [1.54, 1.807) is 12.0 Å². The molecule has 0 aromatic carbocycles. The van der Waals surface area contributed by atoms with E-state index in [2.05, 4.69) is 12.2 Å². The molecule has 0 spiro atoms. The average Bonchev–Trinajstić information content (AvgIpc) is 2.47. The fraction of sp³-hybridized carbons (Fsp3) is 0.867. The molecule has 1 aliphatic carbocycles. The molecule has 0 saturated heterocycles. The number of likely N-dealkylation sites (N-methyl/N-ethyl adjacent to an activating group) is 1. The Kier molecular flexibility index (Phi) is 6.95. The quantitative estimate of drug-likeness (QED) is 0.753. The number of rotatable bonds is 7. The van der Waals surface area contributed by atoms with Gasteiger partial charge in [-0.3, -0.25) is 4.79 Å². The van der Waals surface area contributed by atoms with Crippen molar-refractivity contribution < 1.29 is 19.4 Å². The van der Waals surface area contributed by atoms with Crippen LogP contribution in [0.1, 0.15) is 39.5 Å². The van der Waals surface area contributed by atoms with Crippen LogP contribution in [0.3, 0.4) is 0 Å². The summed E-state index contributed by atoms with van der Waals surface area (Å²) in [6.07, 6.45) is 3.08. The zero-order valence-electron chi connectivity index (χ0n) is 13.4. The molecule has 6 nitrogen and oxygen atoms in total. The van der Waals surface area contributed by atoms with Crippen molar-refractivity contribution in [3.8, 4) is 0 Å². The van der Waals surface area contributed by atoms with Crippen molar-refractivity contribution in [1.29, 1.82) is 0 Å². The van der Waals surface area contributed by atoms with Crippen LogP contribution in [0.4, 0.5) is 4.79 Å². The third kappa shape index (κ3) is 4.88. The molecule has 1 fully saturated rings. The van der Waals surface area contributed by atoms with E-state index >= 15 is 0 Å². The highest BCUT2D eigenvalue weighted by molar-refractivity contribution is 5.78. The van der Waals surface area contributed by atoms with Gasteiger partial charge < -0.3 is 20.1 Å². The summed E-state index contributed by atoms with van der Waals surface area (Å²) in [4.78, 5) is 25.4. The van der Waals surface area contributed by atoms with Gasteiger partial charge in [0.25, 0.3) is 0 Å². The van der Waals surface area contributed by atoms with Crippen molar-refractivity contribution in [2.45, 2.75) is 39.5 Å². The molecule has 0 aromatic rings. The van der Waals surface area contributed by atoms with Gasteiger partial charge in [-0.25, -0.2) is 4.79 Å². The minimum absolute atomic E-state index is 0.206. The lowest BCUT2D eigenvalue weighted by atomic mass is 9.71. The number of hydrogen-bond donors (Lipinski definition) is 2. The van der Waals surface area contributed by atoms with Gasteiger partial charge in [-0.15, -0.1) is 0 Å². The number of hydrogen-bond acceptors (Lipinski definition) is 3. The third-order valence-electron chi connectivity index (χ3n) is 4.50. The van der Waals surface area contributed by atoms with E-state index in [4.69, 9.17) is 4.74 Å². The smallest absolute Gasteiger partial charge is 0.317 e. The number of nitrogens with one attached hydrogen (secondary N) is 1. The van der Waals surface area contributed by atoms with Crippen molar-refractivity contribution in [2.75, 3.05) is 33.4 Å². The van der Waals surface area contributed by atoms with Gasteiger partial charge in [0.15, 0.2) is 0 Å². The molecule has 0 atom stereocenters. The van der Waals surface area contributed by atoms with E-state index in [0.29, 0.717) is 38.5 Å². The largest absolute Gasteiger partial charge is 0.481 e. The molecule has 21 heavy (non-hydrogen) atoms.